The Morgan fingerprint density at radius 1 is 1.53 bits per heavy atom. The molecule has 0 saturated heterocycles. The van der Waals surface area contributed by atoms with Gasteiger partial charge in [0.2, 0.25) is 5.91 Å². The molecule has 2 N–H and O–H groups in total. The normalized spacial score (nSPS) is 15.8. The third kappa shape index (κ3) is 2.50. The Labute approximate surface area is 103 Å². The van der Waals surface area contributed by atoms with Gasteiger partial charge in [-0.25, -0.2) is 0 Å². The Hall–Kier alpha value is -1.35. The number of nitrogens with zero attached hydrogens (tertiary/aromatic N) is 1. The predicted molar refractivity (Wildman–Crippen MR) is 70.1 cm³/mol. The van der Waals surface area contributed by atoms with Gasteiger partial charge < -0.3 is 10.6 Å². The number of anilines is 1. The first kappa shape index (κ1) is 12.1. The SMILES string of the molecule is CCC(=O)N1CCc2cc(CC(C)N)ccc21. The van der Waals surface area contributed by atoms with Crippen LogP contribution in [0.3, 0.4) is 0 Å². The topological polar surface area (TPSA) is 46.3 Å². The van der Waals surface area contributed by atoms with E-state index in [1.54, 1.807) is 0 Å². The molecule has 3 nitrogen and oxygen atoms in total. The highest BCUT2D eigenvalue weighted by Crippen LogP contribution is 2.29. The molecule has 1 atom stereocenters. The summed E-state index contributed by atoms with van der Waals surface area (Å²) in [7, 11) is 0. The van der Waals surface area contributed by atoms with Crippen molar-refractivity contribution in [3.05, 3.63) is 29.3 Å². The van der Waals surface area contributed by atoms with Gasteiger partial charge in [0.05, 0.1) is 0 Å². The number of carbonyl (C=O) groups excluding carboxylic acids is 1. The fraction of sp³-hybridized carbons (Fsp3) is 0.500. The van der Waals surface area contributed by atoms with Crippen LogP contribution >= 0.6 is 0 Å². The Bertz CT molecular complexity index is 426. The van der Waals surface area contributed by atoms with E-state index in [9.17, 15) is 4.79 Å². The summed E-state index contributed by atoms with van der Waals surface area (Å²) in [5, 5.41) is 0. The molecular weight excluding hydrogens is 212 g/mol. The monoisotopic (exact) mass is 232 g/mol. The van der Waals surface area contributed by atoms with Crippen molar-refractivity contribution in [3.8, 4) is 0 Å². The van der Waals surface area contributed by atoms with Crippen LogP contribution in [-0.4, -0.2) is 18.5 Å². The molecule has 1 aliphatic rings. The highest BCUT2D eigenvalue weighted by atomic mass is 16.2. The maximum atomic E-state index is 11.7. The first-order chi connectivity index (χ1) is 8.11. The Kier molecular flexibility index (Phi) is 3.48. The first-order valence-electron chi connectivity index (χ1n) is 6.29. The van der Waals surface area contributed by atoms with E-state index in [0.717, 1.165) is 25.1 Å². The molecule has 1 aromatic rings. The minimum absolute atomic E-state index is 0.183. The van der Waals surface area contributed by atoms with Crippen LogP contribution in [0.1, 0.15) is 31.4 Å². The van der Waals surface area contributed by atoms with Gasteiger partial charge in [0, 0.05) is 24.7 Å². The van der Waals surface area contributed by atoms with Crippen molar-refractivity contribution >= 4 is 11.6 Å². The summed E-state index contributed by atoms with van der Waals surface area (Å²) in [4.78, 5) is 13.6. The molecule has 3 heteroatoms. The molecular formula is C14H20N2O. The lowest BCUT2D eigenvalue weighted by Gasteiger charge is -2.16. The third-order valence-electron chi connectivity index (χ3n) is 3.20. The molecule has 0 aliphatic carbocycles. The standard InChI is InChI=1S/C14H20N2O/c1-3-14(17)16-7-6-12-9-11(8-10(2)15)4-5-13(12)16/h4-5,9-10H,3,6-8,15H2,1-2H3. The molecule has 0 spiro atoms. The lowest BCUT2D eigenvalue weighted by molar-refractivity contribution is -0.118. The summed E-state index contributed by atoms with van der Waals surface area (Å²) in [6.45, 7) is 4.74. The first-order valence-corrected chi connectivity index (χ1v) is 6.29. The predicted octanol–water partition coefficient (Wildman–Crippen LogP) is 1.88. The summed E-state index contributed by atoms with van der Waals surface area (Å²) >= 11 is 0. The summed E-state index contributed by atoms with van der Waals surface area (Å²) in [6, 6.07) is 6.53. The fourth-order valence-corrected chi connectivity index (χ4v) is 2.40. The second-order valence-electron chi connectivity index (χ2n) is 4.79. The van der Waals surface area contributed by atoms with Crippen LogP contribution in [0.15, 0.2) is 18.2 Å². The maximum Gasteiger partial charge on any atom is 0.226 e. The van der Waals surface area contributed by atoms with Gasteiger partial charge in [0.15, 0.2) is 0 Å². The number of rotatable bonds is 3. The van der Waals surface area contributed by atoms with Crippen LogP contribution in [-0.2, 0) is 17.6 Å². The summed E-state index contributed by atoms with van der Waals surface area (Å²) in [6.07, 6.45) is 2.43. The highest BCUT2D eigenvalue weighted by Gasteiger charge is 2.23. The molecule has 1 aromatic carbocycles. The highest BCUT2D eigenvalue weighted by molar-refractivity contribution is 5.95. The number of hydrogen-bond acceptors (Lipinski definition) is 2. The zero-order chi connectivity index (χ0) is 12.4. The van der Waals surface area contributed by atoms with Crippen LogP contribution in [0.4, 0.5) is 5.69 Å². The van der Waals surface area contributed by atoms with Crippen LogP contribution < -0.4 is 10.6 Å². The third-order valence-corrected chi connectivity index (χ3v) is 3.20. The summed E-state index contributed by atoms with van der Waals surface area (Å²) < 4.78 is 0. The molecule has 2 rings (SSSR count). The van der Waals surface area contributed by atoms with Crippen LogP contribution in [0.5, 0.6) is 0 Å². The number of carbonyl (C=O) groups is 1. The van der Waals surface area contributed by atoms with E-state index >= 15 is 0 Å². The van der Waals surface area contributed by atoms with Gasteiger partial charge in [0.1, 0.15) is 0 Å². The number of hydrogen-bond donors (Lipinski definition) is 1. The van der Waals surface area contributed by atoms with E-state index in [0.29, 0.717) is 6.42 Å². The second kappa shape index (κ2) is 4.88. The van der Waals surface area contributed by atoms with Gasteiger partial charge in [-0.3, -0.25) is 4.79 Å². The van der Waals surface area contributed by atoms with E-state index in [1.807, 2.05) is 18.7 Å². The minimum Gasteiger partial charge on any atom is -0.328 e. The molecule has 1 amide bonds. The summed E-state index contributed by atoms with van der Waals surface area (Å²) in [5.41, 5.74) is 9.44. The van der Waals surface area contributed by atoms with E-state index in [4.69, 9.17) is 5.73 Å². The molecule has 0 bridgehead atoms. The van der Waals surface area contributed by atoms with Crippen molar-refractivity contribution in [1.29, 1.82) is 0 Å². The average Bonchev–Trinajstić information content (AvgIpc) is 2.70. The van der Waals surface area contributed by atoms with Crippen molar-refractivity contribution in [2.24, 2.45) is 5.73 Å². The maximum absolute atomic E-state index is 11.7. The lowest BCUT2D eigenvalue weighted by Crippen LogP contribution is -2.27. The minimum atomic E-state index is 0.183. The van der Waals surface area contributed by atoms with Gasteiger partial charge in [-0.1, -0.05) is 19.1 Å². The van der Waals surface area contributed by atoms with Gasteiger partial charge in [-0.2, -0.15) is 0 Å². The van der Waals surface area contributed by atoms with Gasteiger partial charge in [0.25, 0.3) is 0 Å². The largest absolute Gasteiger partial charge is 0.328 e. The van der Waals surface area contributed by atoms with E-state index < -0.39 is 0 Å². The van der Waals surface area contributed by atoms with Crippen molar-refractivity contribution in [1.82, 2.24) is 0 Å². The molecule has 1 aliphatic heterocycles. The van der Waals surface area contributed by atoms with Crippen LogP contribution in [0, 0.1) is 0 Å². The van der Waals surface area contributed by atoms with Crippen LogP contribution in [0.25, 0.3) is 0 Å². The average molecular weight is 232 g/mol. The lowest BCUT2D eigenvalue weighted by atomic mass is 10.0. The van der Waals surface area contributed by atoms with Crippen molar-refractivity contribution in [2.45, 2.75) is 39.2 Å². The molecule has 92 valence electrons. The van der Waals surface area contributed by atoms with Crippen molar-refractivity contribution in [2.75, 3.05) is 11.4 Å². The Morgan fingerprint density at radius 3 is 2.94 bits per heavy atom. The zero-order valence-electron chi connectivity index (χ0n) is 10.6. The molecule has 17 heavy (non-hydrogen) atoms. The number of fused-ring (bicyclic) bond motifs is 1. The molecule has 1 unspecified atom stereocenters. The number of nitrogens with two attached hydrogens (primary N) is 1. The smallest absolute Gasteiger partial charge is 0.226 e. The molecule has 1 heterocycles. The van der Waals surface area contributed by atoms with Gasteiger partial charge in [-0.05, 0) is 37.0 Å². The summed E-state index contributed by atoms with van der Waals surface area (Å²) in [5.74, 6) is 0.212. The van der Waals surface area contributed by atoms with E-state index in [-0.39, 0.29) is 11.9 Å². The van der Waals surface area contributed by atoms with Gasteiger partial charge >= 0.3 is 0 Å². The van der Waals surface area contributed by atoms with E-state index in [2.05, 4.69) is 18.2 Å². The van der Waals surface area contributed by atoms with Crippen LogP contribution in [0.2, 0.25) is 0 Å². The molecule has 0 saturated carbocycles. The van der Waals surface area contributed by atoms with Gasteiger partial charge in [-0.15, -0.1) is 0 Å². The molecule has 0 fully saturated rings. The Balaban J connectivity index is 2.22. The van der Waals surface area contributed by atoms with Crippen molar-refractivity contribution in [3.63, 3.8) is 0 Å². The molecule has 0 aromatic heterocycles. The van der Waals surface area contributed by atoms with Crippen molar-refractivity contribution < 1.29 is 4.79 Å². The number of benzene rings is 1. The second-order valence-corrected chi connectivity index (χ2v) is 4.79. The van der Waals surface area contributed by atoms with E-state index in [1.165, 1.54) is 11.1 Å². The fourth-order valence-electron chi connectivity index (χ4n) is 2.40. The Morgan fingerprint density at radius 2 is 2.29 bits per heavy atom. The number of amides is 1. The quantitative estimate of drug-likeness (QED) is 0.865. The zero-order valence-corrected chi connectivity index (χ0v) is 10.6. The molecule has 0 radical (unpaired) electrons.